The molecule has 164 valence electrons. The number of H-pyrrole nitrogens is 1. The lowest BCUT2D eigenvalue weighted by Gasteiger charge is -2.12. The Balaban J connectivity index is 1.80. The monoisotopic (exact) mass is 429 g/mol. The summed E-state index contributed by atoms with van der Waals surface area (Å²) in [5.41, 5.74) is 6.06. The number of hydrogen-bond acceptors (Lipinski definition) is 4. The quantitative estimate of drug-likeness (QED) is 0.497. The zero-order valence-electron chi connectivity index (χ0n) is 19.0. The first-order valence-corrected chi connectivity index (χ1v) is 10.7. The van der Waals surface area contributed by atoms with Crippen LogP contribution in [0.2, 0.25) is 0 Å². The Labute approximate surface area is 186 Å². The van der Waals surface area contributed by atoms with Crippen LogP contribution in [0, 0.1) is 20.8 Å². The van der Waals surface area contributed by atoms with Crippen LogP contribution in [-0.2, 0) is 6.54 Å². The number of fused-ring (bicyclic) bond motifs is 1. The molecule has 0 bridgehead atoms. The van der Waals surface area contributed by atoms with Crippen LogP contribution in [-0.4, -0.2) is 25.7 Å². The number of hydrogen-bond donors (Lipinski definition) is 2. The van der Waals surface area contributed by atoms with Crippen LogP contribution in [0.5, 0.6) is 0 Å². The smallest absolute Gasteiger partial charge is 0.253 e. The molecular formula is C25H27N5O2. The van der Waals surface area contributed by atoms with Crippen molar-refractivity contribution >= 4 is 16.8 Å². The van der Waals surface area contributed by atoms with E-state index < -0.39 is 0 Å². The zero-order valence-corrected chi connectivity index (χ0v) is 19.0. The maximum atomic E-state index is 13.4. The number of nitrogens with zero attached hydrogens (tertiary/aromatic N) is 3. The summed E-state index contributed by atoms with van der Waals surface area (Å²) in [5, 5.41) is 8.45. The highest BCUT2D eigenvalue weighted by Gasteiger charge is 2.20. The van der Waals surface area contributed by atoms with E-state index in [1.165, 1.54) is 0 Å². The summed E-state index contributed by atoms with van der Waals surface area (Å²) < 4.78 is 1.94. The molecule has 7 heteroatoms. The summed E-state index contributed by atoms with van der Waals surface area (Å²) in [6, 6.07) is 9.81. The molecule has 0 aliphatic heterocycles. The first kappa shape index (κ1) is 21.5. The van der Waals surface area contributed by atoms with Gasteiger partial charge in [-0.15, -0.1) is 0 Å². The van der Waals surface area contributed by atoms with Gasteiger partial charge in [-0.25, -0.2) is 0 Å². The van der Waals surface area contributed by atoms with Crippen LogP contribution < -0.4 is 10.9 Å². The summed E-state index contributed by atoms with van der Waals surface area (Å²) in [4.78, 5) is 32.7. The minimum Gasteiger partial charge on any atom is -0.348 e. The minimum absolute atomic E-state index is 0.139. The Bertz CT molecular complexity index is 1370. The molecule has 32 heavy (non-hydrogen) atoms. The van der Waals surface area contributed by atoms with E-state index in [4.69, 9.17) is 0 Å². The van der Waals surface area contributed by atoms with Crippen LogP contribution in [0.25, 0.3) is 22.0 Å². The largest absolute Gasteiger partial charge is 0.348 e. The number of nitrogens with one attached hydrogen (secondary N) is 2. The molecule has 2 N–H and O–H groups in total. The van der Waals surface area contributed by atoms with Gasteiger partial charge in [0.1, 0.15) is 0 Å². The number of carbonyl (C=O) groups is 1. The van der Waals surface area contributed by atoms with Gasteiger partial charge in [-0.2, -0.15) is 5.10 Å². The lowest BCUT2D eigenvalue weighted by atomic mass is 9.99. The standard InChI is InChI=1S/C25H27N5O2/c1-14(2)30-22-11-19(18-7-6-8-26-12-18)10-20(23(22)17(5)29-30)24(31)27-13-21-15(3)9-16(4)28-25(21)32/h6-12,14H,13H2,1-5H3,(H,27,31)(H,28,32). The predicted octanol–water partition coefficient (Wildman–Crippen LogP) is 4.22. The minimum atomic E-state index is -0.244. The molecular weight excluding hydrogens is 402 g/mol. The molecule has 3 heterocycles. The van der Waals surface area contributed by atoms with E-state index in [1.54, 1.807) is 12.4 Å². The van der Waals surface area contributed by atoms with Crippen LogP contribution in [0.15, 0.2) is 47.5 Å². The lowest BCUT2D eigenvalue weighted by Crippen LogP contribution is -2.28. The first-order valence-electron chi connectivity index (χ1n) is 10.7. The van der Waals surface area contributed by atoms with Crippen molar-refractivity contribution in [1.82, 2.24) is 25.1 Å². The Morgan fingerprint density at radius 3 is 2.59 bits per heavy atom. The van der Waals surface area contributed by atoms with E-state index in [0.29, 0.717) is 11.1 Å². The molecule has 0 saturated heterocycles. The van der Waals surface area contributed by atoms with Crippen molar-refractivity contribution in [3.05, 3.63) is 81.2 Å². The molecule has 0 radical (unpaired) electrons. The number of aromatic amines is 1. The highest BCUT2D eigenvalue weighted by atomic mass is 16.1. The fourth-order valence-electron chi connectivity index (χ4n) is 4.09. The average Bonchev–Trinajstić information content (AvgIpc) is 3.09. The van der Waals surface area contributed by atoms with Gasteiger partial charge in [0.25, 0.3) is 11.5 Å². The van der Waals surface area contributed by atoms with Crippen molar-refractivity contribution in [2.24, 2.45) is 0 Å². The third-order valence-electron chi connectivity index (χ3n) is 5.63. The second-order valence-electron chi connectivity index (χ2n) is 8.41. The van der Waals surface area contributed by atoms with E-state index >= 15 is 0 Å². The lowest BCUT2D eigenvalue weighted by molar-refractivity contribution is 0.0952. The maximum absolute atomic E-state index is 13.4. The highest BCUT2D eigenvalue weighted by Crippen LogP contribution is 2.31. The molecule has 4 rings (SSSR count). The summed E-state index contributed by atoms with van der Waals surface area (Å²) in [5.74, 6) is -0.244. The second-order valence-corrected chi connectivity index (χ2v) is 8.41. The van der Waals surface area contributed by atoms with Gasteiger partial charge in [-0.1, -0.05) is 6.07 Å². The molecule has 0 unspecified atom stereocenters. The van der Waals surface area contributed by atoms with E-state index in [9.17, 15) is 9.59 Å². The fraction of sp³-hybridized carbons (Fsp3) is 0.280. The third kappa shape index (κ3) is 3.93. The SMILES string of the molecule is Cc1cc(C)c(CNC(=O)c2cc(-c3cccnc3)cc3c2c(C)nn3C(C)C)c(=O)[nH]1. The van der Waals surface area contributed by atoms with Gasteiger partial charge in [0.05, 0.1) is 16.8 Å². The fourth-order valence-corrected chi connectivity index (χ4v) is 4.09. The van der Waals surface area contributed by atoms with E-state index in [2.05, 4.69) is 40.3 Å². The van der Waals surface area contributed by atoms with Gasteiger partial charge in [0.2, 0.25) is 0 Å². The van der Waals surface area contributed by atoms with E-state index in [1.807, 2.05) is 49.7 Å². The Morgan fingerprint density at radius 1 is 1.16 bits per heavy atom. The Kier molecular flexibility index (Phi) is 5.65. The molecule has 4 aromatic rings. The van der Waals surface area contributed by atoms with Crippen molar-refractivity contribution < 1.29 is 4.79 Å². The summed E-state index contributed by atoms with van der Waals surface area (Å²) in [6.45, 7) is 9.91. The molecule has 3 aromatic heterocycles. The van der Waals surface area contributed by atoms with Gasteiger partial charge in [-0.3, -0.25) is 19.3 Å². The molecule has 0 atom stereocenters. The van der Waals surface area contributed by atoms with Gasteiger partial charge in [-0.05, 0) is 70.0 Å². The van der Waals surface area contributed by atoms with Gasteiger partial charge in [0.15, 0.2) is 0 Å². The topological polar surface area (TPSA) is 92.7 Å². The number of aromatic nitrogens is 4. The van der Waals surface area contributed by atoms with Crippen molar-refractivity contribution in [1.29, 1.82) is 0 Å². The highest BCUT2D eigenvalue weighted by molar-refractivity contribution is 6.09. The molecule has 0 aliphatic carbocycles. The van der Waals surface area contributed by atoms with Crippen LogP contribution in [0.1, 0.15) is 52.8 Å². The zero-order chi connectivity index (χ0) is 23.0. The van der Waals surface area contributed by atoms with Crippen LogP contribution in [0.4, 0.5) is 0 Å². The molecule has 0 fully saturated rings. The number of rotatable bonds is 5. The van der Waals surface area contributed by atoms with Crippen LogP contribution in [0.3, 0.4) is 0 Å². The molecule has 1 aromatic carbocycles. The van der Waals surface area contributed by atoms with Gasteiger partial charge in [0, 0.05) is 47.2 Å². The number of aryl methyl sites for hydroxylation is 3. The predicted molar refractivity (Wildman–Crippen MR) is 126 cm³/mol. The summed E-state index contributed by atoms with van der Waals surface area (Å²) in [7, 11) is 0. The summed E-state index contributed by atoms with van der Waals surface area (Å²) in [6.07, 6.45) is 3.50. The van der Waals surface area contributed by atoms with E-state index in [-0.39, 0.29) is 24.1 Å². The molecule has 0 saturated carbocycles. The first-order chi connectivity index (χ1) is 15.3. The van der Waals surface area contributed by atoms with Crippen molar-refractivity contribution in [3.63, 3.8) is 0 Å². The van der Waals surface area contributed by atoms with E-state index in [0.717, 1.165) is 39.0 Å². The number of pyridine rings is 2. The number of carbonyl (C=O) groups excluding carboxylic acids is 1. The summed E-state index contributed by atoms with van der Waals surface area (Å²) >= 11 is 0. The Morgan fingerprint density at radius 2 is 1.94 bits per heavy atom. The Hall–Kier alpha value is -3.74. The maximum Gasteiger partial charge on any atom is 0.253 e. The van der Waals surface area contributed by atoms with Crippen LogP contribution >= 0.6 is 0 Å². The molecule has 7 nitrogen and oxygen atoms in total. The van der Waals surface area contributed by atoms with Gasteiger partial charge < -0.3 is 10.3 Å². The average molecular weight is 430 g/mol. The van der Waals surface area contributed by atoms with Gasteiger partial charge >= 0.3 is 0 Å². The van der Waals surface area contributed by atoms with Crippen molar-refractivity contribution in [2.45, 2.75) is 47.2 Å². The number of benzene rings is 1. The van der Waals surface area contributed by atoms with Crippen molar-refractivity contribution in [3.8, 4) is 11.1 Å². The number of amides is 1. The van der Waals surface area contributed by atoms with Crippen molar-refractivity contribution in [2.75, 3.05) is 0 Å². The molecule has 0 aliphatic rings. The second kappa shape index (κ2) is 8.42. The third-order valence-corrected chi connectivity index (χ3v) is 5.63. The normalized spacial score (nSPS) is 11.3. The molecule has 1 amide bonds. The molecule has 0 spiro atoms.